The number of amides is 2. The SMILES string of the molecule is O=C(NCCc1ccc(F)cc1)C1CCC(C(=O)N2CCc3ccccc32)CC1. The van der Waals surface area contributed by atoms with Crippen LogP contribution >= 0.6 is 0 Å². The number of nitrogens with one attached hydrogen (secondary N) is 1. The van der Waals surface area contributed by atoms with Gasteiger partial charge in [-0.2, -0.15) is 0 Å². The van der Waals surface area contributed by atoms with Gasteiger partial charge < -0.3 is 10.2 Å². The molecule has 152 valence electrons. The molecular weight excluding hydrogens is 367 g/mol. The smallest absolute Gasteiger partial charge is 0.230 e. The average Bonchev–Trinajstić information content (AvgIpc) is 3.19. The maximum absolute atomic E-state index is 13.0. The van der Waals surface area contributed by atoms with Crippen LogP contribution in [0.25, 0.3) is 0 Å². The number of hydrogen-bond acceptors (Lipinski definition) is 2. The molecule has 2 amide bonds. The number of carbonyl (C=O) groups excluding carboxylic acids is 2. The van der Waals surface area contributed by atoms with E-state index in [4.69, 9.17) is 0 Å². The van der Waals surface area contributed by atoms with Crippen LogP contribution in [0.1, 0.15) is 36.8 Å². The average molecular weight is 394 g/mol. The molecule has 1 N–H and O–H groups in total. The van der Waals surface area contributed by atoms with Crippen LogP contribution in [0.4, 0.5) is 10.1 Å². The van der Waals surface area contributed by atoms with Gasteiger partial charge in [-0.3, -0.25) is 9.59 Å². The summed E-state index contributed by atoms with van der Waals surface area (Å²) in [4.78, 5) is 27.4. The van der Waals surface area contributed by atoms with Crippen molar-refractivity contribution in [1.29, 1.82) is 0 Å². The number of nitrogens with zero attached hydrogens (tertiary/aromatic N) is 1. The minimum absolute atomic E-state index is 0.0156. The van der Waals surface area contributed by atoms with Crippen LogP contribution in [0, 0.1) is 17.7 Å². The quantitative estimate of drug-likeness (QED) is 0.837. The van der Waals surface area contributed by atoms with E-state index in [2.05, 4.69) is 11.4 Å². The van der Waals surface area contributed by atoms with E-state index in [0.29, 0.717) is 13.0 Å². The Morgan fingerprint density at radius 2 is 1.66 bits per heavy atom. The summed E-state index contributed by atoms with van der Waals surface area (Å²) in [5, 5.41) is 3.00. The number of para-hydroxylation sites is 1. The minimum atomic E-state index is -0.249. The Morgan fingerprint density at radius 1 is 0.966 bits per heavy atom. The molecule has 2 aromatic rings. The first-order valence-corrected chi connectivity index (χ1v) is 10.5. The number of benzene rings is 2. The lowest BCUT2D eigenvalue weighted by atomic mass is 9.81. The summed E-state index contributed by atoms with van der Waals surface area (Å²) < 4.78 is 12.9. The van der Waals surface area contributed by atoms with Crippen molar-refractivity contribution in [3.05, 3.63) is 65.5 Å². The summed E-state index contributed by atoms with van der Waals surface area (Å²) in [6.45, 7) is 1.32. The summed E-state index contributed by atoms with van der Waals surface area (Å²) >= 11 is 0. The van der Waals surface area contributed by atoms with Crippen LogP contribution in [0.15, 0.2) is 48.5 Å². The van der Waals surface area contributed by atoms with E-state index in [1.165, 1.54) is 17.7 Å². The van der Waals surface area contributed by atoms with Crippen molar-refractivity contribution in [2.45, 2.75) is 38.5 Å². The topological polar surface area (TPSA) is 49.4 Å². The number of carbonyl (C=O) groups is 2. The van der Waals surface area contributed by atoms with Gasteiger partial charge in [-0.15, -0.1) is 0 Å². The highest BCUT2D eigenvalue weighted by molar-refractivity contribution is 5.97. The van der Waals surface area contributed by atoms with Gasteiger partial charge in [0, 0.05) is 30.6 Å². The van der Waals surface area contributed by atoms with Crippen LogP contribution in [-0.4, -0.2) is 24.9 Å². The molecule has 0 bridgehead atoms. The Bertz CT molecular complexity index is 873. The highest BCUT2D eigenvalue weighted by Crippen LogP contribution is 2.34. The van der Waals surface area contributed by atoms with Crippen molar-refractivity contribution >= 4 is 17.5 Å². The third kappa shape index (κ3) is 4.50. The van der Waals surface area contributed by atoms with Gasteiger partial charge in [-0.25, -0.2) is 4.39 Å². The molecule has 2 aliphatic rings. The number of anilines is 1. The zero-order valence-electron chi connectivity index (χ0n) is 16.6. The molecule has 4 rings (SSSR count). The maximum atomic E-state index is 13.0. The van der Waals surface area contributed by atoms with Crippen LogP contribution in [0.5, 0.6) is 0 Å². The van der Waals surface area contributed by atoms with Crippen molar-refractivity contribution in [2.24, 2.45) is 11.8 Å². The Hall–Kier alpha value is -2.69. The van der Waals surface area contributed by atoms with E-state index in [0.717, 1.165) is 49.9 Å². The second-order valence-corrected chi connectivity index (χ2v) is 8.08. The lowest BCUT2D eigenvalue weighted by Crippen LogP contribution is -2.39. The molecule has 2 aromatic carbocycles. The van der Waals surface area contributed by atoms with Gasteiger partial charge in [0.2, 0.25) is 11.8 Å². The summed E-state index contributed by atoms with van der Waals surface area (Å²) in [5.41, 5.74) is 3.31. The molecule has 0 atom stereocenters. The zero-order valence-corrected chi connectivity index (χ0v) is 16.6. The molecule has 0 unspecified atom stereocenters. The summed E-state index contributed by atoms with van der Waals surface area (Å²) in [7, 11) is 0. The van der Waals surface area contributed by atoms with E-state index >= 15 is 0 Å². The summed E-state index contributed by atoms with van der Waals surface area (Å²) in [6.07, 6.45) is 4.67. The second-order valence-electron chi connectivity index (χ2n) is 8.08. The fourth-order valence-electron chi connectivity index (χ4n) is 4.52. The van der Waals surface area contributed by atoms with E-state index < -0.39 is 0 Å². The Balaban J connectivity index is 1.23. The van der Waals surface area contributed by atoms with Crippen LogP contribution in [-0.2, 0) is 22.4 Å². The molecule has 0 aromatic heterocycles. The van der Waals surface area contributed by atoms with Gasteiger partial charge in [0.25, 0.3) is 0 Å². The lowest BCUT2D eigenvalue weighted by Gasteiger charge is -2.30. The Labute approximate surface area is 171 Å². The number of hydrogen-bond donors (Lipinski definition) is 1. The van der Waals surface area contributed by atoms with Gasteiger partial charge in [-0.05, 0) is 67.9 Å². The van der Waals surface area contributed by atoms with Crippen LogP contribution < -0.4 is 10.2 Å². The first kappa shape index (κ1) is 19.6. The number of fused-ring (bicyclic) bond motifs is 1. The van der Waals surface area contributed by atoms with Gasteiger partial charge in [0.05, 0.1) is 0 Å². The van der Waals surface area contributed by atoms with E-state index in [-0.39, 0.29) is 29.5 Å². The molecular formula is C24H27FN2O2. The predicted octanol–water partition coefficient (Wildman–Crippen LogP) is 3.88. The normalized spacial score (nSPS) is 20.9. The minimum Gasteiger partial charge on any atom is -0.356 e. The van der Waals surface area contributed by atoms with Gasteiger partial charge in [-0.1, -0.05) is 30.3 Å². The molecule has 1 saturated carbocycles. The van der Waals surface area contributed by atoms with Crippen molar-refractivity contribution in [1.82, 2.24) is 5.32 Å². The molecule has 1 aliphatic carbocycles. The van der Waals surface area contributed by atoms with Crippen molar-refractivity contribution in [3.8, 4) is 0 Å². The van der Waals surface area contributed by atoms with Crippen LogP contribution in [0.2, 0.25) is 0 Å². The Morgan fingerprint density at radius 3 is 2.41 bits per heavy atom. The molecule has 29 heavy (non-hydrogen) atoms. The van der Waals surface area contributed by atoms with E-state index in [1.807, 2.05) is 23.1 Å². The monoisotopic (exact) mass is 394 g/mol. The highest BCUT2D eigenvalue weighted by atomic mass is 19.1. The largest absolute Gasteiger partial charge is 0.356 e. The highest BCUT2D eigenvalue weighted by Gasteiger charge is 2.34. The van der Waals surface area contributed by atoms with Gasteiger partial charge >= 0.3 is 0 Å². The molecule has 0 radical (unpaired) electrons. The Kier molecular flexibility index (Phi) is 5.93. The lowest BCUT2D eigenvalue weighted by molar-refractivity contribution is -0.129. The van der Waals surface area contributed by atoms with E-state index in [1.54, 1.807) is 12.1 Å². The number of halogens is 1. The third-order valence-electron chi connectivity index (χ3n) is 6.23. The summed E-state index contributed by atoms with van der Waals surface area (Å²) in [5.74, 6) is 0.0405. The first-order chi connectivity index (χ1) is 14.1. The van der Waals surface area contributed by atoms with Gasteiger partial charge in [0.15, 0.2) is 0 Å². The molecule has 4 nitrogen and oxygen atoms in total. The molecule has 5 heteroatoms. The second kappa shape index (κ2) is 8.76. The zero-order chi connectivity index (χ0) is 20.2. The van der Waals surface area contributed by atoms with Crippen molar-refractivity contribution in [3.63, 3.8) is 0 Å². The molecule has 0 saturated heterocycles. The fourth-order valence-corrected chi connectivity index (χ4v) is 4.52. The fraction of sp³-hybridized carbons (Fsp3) is 0.417. The predicted molar refractivity (Wildman–Crippen MR) is 111 cm³/mol. The third-order valence-corrected chi connectivity index (χ3v) is 6.23. The van der Waals surface area contributed by atoms with Crippen molar-refractivity contribution < 1.29 is 14.0 Å². The van der Waals surface area contributed by atoms with Crippen LogP contribution in [0.3, 0.4) is 0 Å². The molecule has 1 heterocycles. The van der Waals surface area contributed by atoms with E-state index in [9.17, 15) is 14.0 Å². The number of rotatable bonds is 5. The first-order valence-electron chi connectivity index (χ1n) is 10.5. The maximum Gasteiger partial charge on any atom is 0.230 e. The molecule has 1 aliphatic heterocycles. The molecule has 0 spiro atoms. The van der Waals surface area contributed by atoms with Gasteiger partial charge in [0.1, 0.15) is 5.82 Å². The van der Waals surface area contributed by atoms with Crippen molar-refractivity contribution in [2.75, 3.05) is 18.0 Å². The molecule has 1 fully saturated rings. The standard InChI is InChI=1S/C24H27FN2O2/c25-21-11-5-17(6-12-21)13-15-26-23(28)19-7-9-20(10-8-19)24(29)27-16-14-18-3-1-2-4-22(18)27/h1-6,11-12,19-20H,7-10,13-16H2,(H,26,28). The summed E-state index contributed by atoms with van der Waals surface area (Å²) in [6, 6.07) is 14.5.